The van der Waals surface area contributed by atoms with E-state index in [9.17, 15) is 14.4 Å². The van der Waals surface area contributed by atoms with Crippen LogP contribution in [0.25, 0.3) is 0 Å². The first kappa shape index (κ1) is 13.9. The maximum Gasteiger partial charge on any atom is 0.325 e. The van der Waals surface area contributed by atoms with Crippen molar-refractivity contribution in [3.8, 4) is 0 Å². The Morgan fingerprint density at radius 2 is 2.10 bits per heavy atom. The molecule has 7 nitrogen and oxygen atoms in total. The topological polar surface area (TPSA) is 105 Å². The molecule has 0 bridgehead atoms. The summed E-state index contributed by atoms with van der Waals surface area (Å²) >= 11 is 0. The third kappa shape index (κ3) is 2.71. The third-order valence-electron chi connectivity index (χ3n) is 2.92. The Labute approximate surface area is 116 Å². The normalized spacial score (nSPS) is 17.0. The zero-order chi connectivity index (χ0) is 14.9. The van der Waals surface area contributed by atoms with Crippen molar-refractivity contribution in [2.45, 2.75) is 19.4 Å². The van der Waals surface area contributed by atoms with Crippen LogP contribution in [0.4, 0.5) is 16.2 Å². The number of nitrogens with zero attached hydrogens (tertiary/aromatic N) is 1. The summed E-state index contributed by atoms with van der Waals surface area (Å²) in [5, 5.41) is 5.09. The van der Waals surface area contributed by atoms with Gasteiger partial charge in [0, 0.05) is 11.4 Å². The Morgan fingerprint density at radius 1 is 1.40 bits per heavy atom. The summed E-state index contributed by atoms with van der Waals surface area (Å²) in [4.78, 5) is 36.3. The fourth-order valence-corrected chi connectivity index (χ4v) is 1.92. The number of carbonyl (C=O) groups is 3. The molecule has 1 aromatic carbocycles. The molecule has 4 N–H and O–H groups in total. The minimum atomic E-state index is -0.978. The molecule has 1 aliphatic heterocycles. The quantitative estimate of drug-likeness (QED) is 0.553. The van der Waals surface area contributed by atoms with Gasteiger partial charge in [-0.3, -0.25) is 14.5 Å². The van der Waals surface area contributed by atoms with Crippen molar-refractivity contribution in [1.82, 2.24) is 10.2 Å². The van der Waals surface area contributed by atoms with E-state index in [-0.39, 0.29) is 6.54 Å². The minimum Gasteiger partial charge on any atom is -0.399 e. The van der Waals surface area contributed by atoms with Crippen LogP contribution < -0.4 is 16.4 Å². The summed E-state index contributed by atoms with van der Waals surface area (Å²) in [6.45, 7) is 2.84. The summed E-state index contributed by atoms with van der Waals surface area (Å²) in [5.41, 5.74) is 5.65. The van der Waals surface area contributed by atoms with E-state index in [0.717, 1.165) is 4.90 Å². The first-order valence-electron chi connectivity index (χ1n) is 6.09. The maximum atomic E-state index is 11.9. The first-order chi connectivity index (χ1) is 9.29. The van der Waals surface area contributed by atoms with E-state index in [1.165, 1.54) is 0 Å². The van der Waals surface area contributed by atoms with Crippen LogP contribution in [0.2, 0.25) is 0 Å². The summed E-state index contributed by atoms with van der Waals surface area (Å²) < 4.78 is 0. The highest BCUT2D eigenvalue weighted by Crippen LogP contribution is 2.17. The molecule has 4 amide bonds. The number of hydrogen-bond acceptors (Lipinski definition) is 4. The average Bonchev–Trinajstić information content (AvgIpc) is 2.51. The van der Waals surface area contributed by atoms with Gasteiger partial charge < -0.3 is 16.4 Å². The fourth-order valence-electron chi connectivity index (χ4n) is 1.92. The van der Waals surface area contributed by atoms with Crippen LogP contribution in [0, 0.1) is 0 Å². The second kappa shape index (κ2) is 4.84. The van der Waals surface area contributed by atoms with Gasteiger partial charge in [-0.15, -0.1) is 0 Å². The lowest BCUT2D eigenvalue weighted by Gasteiger charge is -2.15. The molecule has 1 aromatic rings. The SMILES string of the molecule is CC1(C)NC(=O)N(CC(=O)Nc2cccc(N)c2)C1=O. The number of amides is 4. The van der Waals surface area contributed by atoms with Gasteiger partial charge in [-0.05, 0) is 32.0 Å². The largest absolute Gasteiger partial charge is 0.399 e. The molecule has 0 aliphatic carbocycles. The lowest BCUT2D eigenvalue weighted by Crippen LogP contribution is -2.41. The number of benzene rings is 1. The lowest BCUT2D eigenvalue weighted by atomic mass is 10.1. The second-order valence-electron chi connectivity index (χ2n) is 5.12. The van der Waals surface area contributed by atoms with Gasteiger partial charge in [0.05, 0.1) is 0 Å². The molecule has 0 radical (unpaired) electrons. The number of nitrogens with one attached hydrogen (secondary N) is 2. The molecule has 1 aliphatic rings. The number of carbonyl (C=O) groups excluding carboxylic acids is 3. The molecule has 0 atom stereocenters. The molecule has 1 saturated heterocycles. The van der Waals surface area contributed by atoms with Crippen molar-refractivity contribution in [3.63, 3.8) is 0 Å². The van der Waals surface area contributed by atoms with E-state index in [0.29, 0.717) is 11.4 Å². The van der Waals surface area contributed by atoms with Crippen molar-refractivity contribution in [3.05, 3.63) is 24.3 Å². The molecular formula is C13H16N4O3. The molecular weight excluding hydrogens is 260 g/mol. The highest BCUT2D eigenvalue weighted by Gasteiger charge is 2.44. The highest BCUT2D eigenvalue weighted by atomic mass is 16.2. The highest BCUT2D eigenvalue weighted by molar-refractivity contribution is 6.09. The molecule has 0 spiro atoms. The van der Waals surface area contributed by atoms with E-state index in [1.54, 1.807) is 38.1 Å². The zero-order valence-corrected chi connectivity index (χ0v) is 11.3. The average molecular weight is 276 g/mol. The number of imide groups is 1. The Morgan fingerprint density at radius 3 is 2.65 bits per heavy atom. The van der Waals surface area contributed by atoms with Crippen molar-refractivity contribution in [2.24, 2.45) is 0 Å². The Kier molecular flexibility index (Phi) is 3.35. The van der Waals surface area contributed by atoms with Gasteiger partial charge in [0.15, 0.2) is 0 Å². The van der Waals surface area contributed by atoms with Crippen LogP contribution in [-0.4, -0.2) is 34.8 Å². The summed E-state index contributed by atoms with van der Waals surface area (Å²) in [7, 11) is 0. The van der Waals surface area contributed by atoms with Crippen molar-refractivity contribution in [2.75, 3.05) is 17.6 Å². The molecule has 1 heterocycles. The van der Waals surface area contributed by atoms with Gasteiger partial charge in [0.25, 0.3) is 5.91 Å². The first-order valence-corrected chi connectivity index (χ1v) is 6.09. The fraction of sp³-hybridized carbons (Fsp3) is 0.308. The van der Waals surface area contributed by atoms with Crippen LogP contribution >= 0.6 is 0 Å². The van der Waals surface area contributed by atoms with E-state index >= 15 is 0 Å². The molecule has 7 heteroatoms. The number of urea groups is 1. The lowest BCUT2D eigenvalue weighted by molar-refractivity contribution is -0.132. The van der Waals surface area contributed by atoms with Crippen LogP contribution in [0.15, 0.2) is 24.3 Å². The number of nitrogens with two attached hydrogens (primary N) is 1. The van der Waals surface area contributed by atoms with Crippen LogP contribution in [0.1, 0.15) is 13.8 Å². The zero-order valence-electron chi connectivity index (χ0n) is 11.3. The van der Waals surface area contributed by atoms with Gasteiger partial charge in [-0.25, -0.2) is 4.79 Å². The van der Waals surface area contributed by atoms with E-state index in [2.05, 4.69) is 10.6 Å². The monoisotopic (exact) mass is 276 g/mol. The van der Waals surface area contributed by atoms with Crippen molar-refractivity contribution in [1.29, 1.82) is 0 Å². The predicted molar refractivity (Wildman–Crippen MR) is 73.8 cm³/mol. The van der Waals surface area contributed by atoms with Crippen LogP contribution in [0.5, 0.6) is 0 Å². The summed E-state index contributed by atoms with van der Waals surface area (Å²) in [6, 6.07) is 6.08. The molecule has 1 fully saturated rings. The second-order valence-corrected chi connectivity index (χ2v) is 5.12. The predicted octanol–water partition coefficient (Wildman–Crippen LogP) is 0.538. The maximum absolute atomic E-state index is 11.9. The Balaban J connectivity index is 2.02. The number of anilines is 2. The van der Waals surface area contributed by atoms with E-state index in [1.807, 2.05) is 0 Å². The number of hydrogen-bond donors (Lipinski definition) is 3. The van der Waals surface area contributed by atoms with Crippen LogP contribution in [-0.2, 0) is 9.59 Å². The third-order valence-corrected chi connectivity index (χ3v) is 2.92. The smallest absolute Gasteiger partial charge is 0.325 e. The molecule has 0 aromatic heterocycles. The van der Waals surface area contributed by atoms with Gasteiger partial charge in [0.2, 0.25) is 5.91 Å². The Hall–Kier alpha value is -2.57. The molecule has 0 unspecified atom stereocenters. The molecule has 2 rings (SSSR count). The number of rotatable bonds is 3. The van der Waals surface area contributed by atoms with Crippen molar-refractivity contribution >= 4 is 29.2 Å². The minimum absolute atomic E-state index is 0.330. The van der Waals surface area contributed by atoms with E-state index < -0.39 is 23.4 Å². The van der Waals surface area contributed by atoms with Crippen LogP contribution in [0.3, 0.4) is 0 Å². The van der Waals surface area contributed by atoms with Gasteiger partial charge >= 0.3 is 6.03 Å². The molecule has 20 heavy (non-hydrogen) atoms. The number of nitrogen functional groups attached to an aromatic ring is 1. The molecule has 0 saturated carbocycles. The van der Waals surface area contributed by atoms with Gasteiger partial charge in [-0.2, -0.15) is 0 Å². The summed E-state index contributed by atoms with van der Waals surface area (Å²) in [5.74, 6) is -0.887. The standard InChI is InChI=1S/C13H16N4O3/c1-13(2)11(19)17(12(20)16-13)7-10(18)15-9-5-3-4-8(14)6-9/h3-6H,7,14H2,1-2H3,(H,15,18)(H,16,20). The van der Waals surface area contributed by atoms with Gasteiger partial charge in [-0.1, -0.05) is 6.07 Å². The summed E-state index contributed by atoms with van der Waals surface area (Å²) in [6.07, 6.45) is 0. The van der Waals surface area contributed by atoms with Crippen molar-refractivity contribution < 1.29 is 14.4 Å². The Bertz CT molecular complexity index is 583. The van der Waals surface area contributed by atoms with Gasteiger partial charge in [0.1, 0.15) is 12.1 Å². The molecule has 106 valence electrons. The van der Waals surface area contributed by atoms with E-state index in [4.69, 9.17) is 5.73 Å².